The van der Waals surface area contributed by atoms with Gasteiger partial charge in [-0.25, -0.2) is 9.97 Å². The maximum Gasteiger partial charge on any atom is 0.137 e. The Kier molecular flexibility index (Phi) is 5.82. The quantitative estimate of drug-likeness (QED) is 0.781. The van der Waals surface area contributed by atoms with E-state index in [2.05, 4.69) is 35.6 Å². The van der Waals surface area contributed by atoms with Gasteiger partial charge in [0.25, 0.3) is 0 Å². The molecule has 0 N–H and O–H groups in total. The molecule has 4 nitrogen and oxygen atoms in total. The van der Waals surface area contributed by atoms with Crippen molar-refractivity contribution < 1.29 is 0 Å². The molecule has 21 heavy (non-hydrogen) atoms. The van der Waals surface area contributed by atoms with Crippen LogP contribution in [0.1, 0.15) is 45.0 Å². The maximum atomic E-state index is 6.29. The monoisotopic (exact) mass is 310 g/mol. The van der Waals surface area contributed by atoms with E-state index in [9.17, 15) is 0 Å². The summed E-state index contributed by atoms with van der Waals surface area (Å²) in [4.78, 5) is 14.1. The van der Waals surface area contributed by atoms with Crippen LogP contribution in [0.25, 0.3) is 0 Å². The highest BCUT2D eigenvalue weighted by Gasteiger charge is 2.23. The van der Waals surface area contributed by atoms with Gasteiger partial charge in [-0.2, -0.15) is 0 Å². The molecule has 1 aromatic rings. The van der Waals surface area contributed by atoms with Crippen molar-refractivity contribution in [3.63, 3.8) is 0 Å². The summed E-state index contributed by atoms with van der Waals surface area (Å²) in [5, 5.41) is 0.604. The van der Waals surface area contributed by atoms with Crippen LogP contribution in [0.15, 0.2) is 0 Å². The van der Waals surface area contributed by atoms with Gasteiger partial charge < -0.3 is 4.90 Å². The van der Waals surface area contributed by atoms with Crippen LogP contribution in [-0.4, -0.2) is 47.1 Å². The van der Waals surface area contributed by atoms with Gasteiger partial charge in [-0.1, -0.05) is 25.4 Å². The molecule has 2 heterocycles. The van der Waals surface area contributed by atoms with Crippen molar-refractivity contribution in [2.45, 2.75) is 53.0 Å². The summed E-state index contributed by atoms with van der Waals surface area (Å²) in [5.41, 5.74) is 1.01. The zero-order valence-corrected chi connectivity index (χ0v) is 14.4. The summed E-state index contributed by atoms with van der Waals surface area (Å²) >= 11 is 6.29. The summed E-state index contributed by atoms with van der Waals surface area (Å²) in [6.07, 6.45) is 3.14. The van der Waals surface area contributed by atoms with Crippen LogP contribution in [-0.2, 0) is 6.42 Å². The predicted molar refractivity (Wildman–Crippen MR) is 89.3 cm³/mol. The molecule has 1 unspecified atom stereocenters. The number of piperazine rings is 1. The van der Waals surface area contributed by atoms with Crippen LogP contribution in [0.2, 0.25) is 5.15 Å². The normalized spacial score (nSPS) is 18.0. The molecule has 2 rings (SSSR count). The topological polar surface area (TPSA) is 32.3 Å². The van der Waals surface area contributed by atoms with Crippen LogP contribution in [0, 0.1) is 6.92 Å². The average molecular weight is 311 g/mol. The third kappa shape index (κ3) is 3.86. The van der Waals surface area contributed by atoms with Crippen LogP contribution in [0.5, 0.6) is 0 Å². The number of anilines is 1. The number of hydrogen-bond acceptors (Lipinski definition) is 4. The van der Waals surface area contributed by atoms with E-state index in [1.54, 1.807) is 0 Å². The van der Waals surface area contributed by atoms with Gasteiger partial charge in [0.15, 0.2) is 0 Å². The number of halogens is 1. The second kappa shape index (κ2) is 7.41. The van der Waals surface area contributed by atoms with Crippen molar-refractivity contribution in [1.82, 2.24) is 14.9 Å². The summed E-state index contributed by atoms with van der Waals surface area (Å²) in [7, 11) is 0. The van der Waals surface area contributed by atoms with E-state index in [1.807, 2.05) is 6.92 Å². The molecule has 0 spiro atoms. The lowest BCUT2D eigenvalue weighted by atomic mass is 10.2. The van der Waals surface area contributed by atoms with Gasteiger partial charge in [0, 0.05) is 44.2 Å². The van der Waals surface area contributed by atoms with Crippen LogP contribution in [0.4, 0.5) is 5.82 Å². The third-order valence-electron chi connectivity index (χ3n) is 4.41. The van der Waals surface area contributed by atoms with E-state index in [0.717, 1.165) is 56.2 Å². The first-order valence-corrected chi connectivity index (χ1v) is 8.46. The summed E-state index contributed by atoms with van der Waals surface area (Å²) in [6, 6.07) is 0.665. The fourth-order valence-corrected chi connectivity index (χ4v) is 2.98. The zero-order chi connectivity index (χ0) is 15.4. The Morgan fingerprint density at radius 3 is 2.38 bits per heavy atom. The highest BCUT2D eigenvalue weighted by atomic mass is 35.5. The second-order valence-electron chi connectivity index (χ2n) is 5.91. The summed E-state index contributed by atoms with van der Waals surface area (Å²) < 4.78 is 0. The van der Waals surface area contributed by atoms with E-state index in [0.29, 0.717) is 11.2 Å². The third-order valence-corrected chi connectivity index (χ3v) is 4.78. The number of hydrogen-bond donors (Lipinski definition) is 0. The highest BCUT2D eigenvalue weighted by Crippen LogP contribution is 2.25. The zero-order valence-electron chi connectivity index (χ0n) is 13.7. The Morgan fingerprint density at radius 2 is 1.81 bits per heavy atom. The van der Waals surface area contributed by atoms with Gasteiger partial charge >= 0.3 is 0 Å². The van der Waals surface area contributed by atoms with Crippen molar-refractivity contribution in [3.8, 4) is 0 Å². The molecule has 118 valence electrons. The van der Waals surface area contributed by atoms with Crippen LogP contribution >= 0.6 is 11.6 Å². The number of rotatable bonds is 5. The van der Waals surface area contributed by atoms with Crippen molar-refractivity contribution in [3.05, 3.63) is 16.5 Å². The maximum absolute atomic E-state index is 6.29. The van der Waals surface area contributed by atoms with Crippen molar-refractivity contribution in [2.24, 2.45) is 0 Å². The minimum Gasteiger partial charge on any atom is -0.354 e. The van der Waals surface area contributed by atoms with Crippen molar-refractivity contribution >= 4 is 17.4 Å². The van der Waals surface area contributed by atoms with Crippen LogP contribution in [0.3, 0.4) is 0 Å². The smallest absolute Gasteiger partial charge is 0.137 e. The van der Waals surface area contributed by atoms with E-state index in [4.69, 9.17) is 16.6 Å². The molecule has 1 atom stereocenters. The first-order valence-electron chi connectivity index (χ1n) is 8.08. The molecule has 1 aliphatic rings. The molecular formula is C16H27ClN4. The molecule has 1 saturated heterocycles. The molecule has 0 aliphatic carbocycles. The standard InChI is InChI=1S/C16H27ClN4/c1-5-7-14-18-15(17)13(4)16(19-14)21-10-8-20(9-11-21)12(3)6-2/h12H,5-11H2,1-4H3. The Hall–Kier alpha value is -0.870. The van der Waals surface area contributed by atoms with Gasteiger partial charge in [-0.15, -0.1) is 0 Å². The van der Waals surface area contributed by atoms with E-state index in [-0.39, 0.29) is 0 Å². The molecule has 1 aliphatic heterocycles. The molecule has 0 aromatic carbocycles. The van der Waals surface area contributed by atoms with Crippen molar-refractivity contribution in [2.75, 3.05) is 31.1 Å². The largest absolute Gasteiger partial charge is 0.354 e. The lowest BCUT2D eigenvalue weighted by Gasteiger charge is -2.38. The van der Waals surface area contributed by atoms with Gasteiger partial charge in [-0.3, -0.25) is 4.90 Å². The molecular weight excluding hydrogens is 284 g/mol. The first-order chi connectivity index (χ1) is 10.1. The molecule has 0 bridgehead atoms. The van der Waals surface area contributed by atoms with Crippen LogP contribution < -0.4 is 4.90 Å². The molecule has 0 saturated carbocycles. The molecule has 0 radical (unpaired) electrons. The van der Waals surface area contributed by atoms with Gasteiger partial charge in [-0.05, 0) is 26.7 Å². The van der Waals surface area contributed by atoms with E-state index >= 15 is 0 Å². The minimum absolute atomic E-state index is 0.604. The number of nitrogens with zero attached hydrogens (tertiary/aromatic N) is 4. The Balaban J connectivity index is 2.12. The highest BCUT2D eigenvalue weighted by molar-refractivity contribution is 6.30. The second-order valence-corrected chi connectivity index (χ2v) is 6.27. The predicted octanol–water partition coefficient (Wildman–Crippen LogP) is 3.31. The Labute approximate surface area is 133 Å². The number of aryl methyl sites for hydroxylation is 1. The SMILES string of the molecule is CCCc1nc(Cl)c(C)c(N2CCN(C(C)CC)CC2)n1. The van der Waals surface area contributed by atoms with E-state index < -0.39 is 0 Å². The lowest BCUT2D eigenvalue weighted by Crippen LogP contribution is -2.50. The molecule has 1 aromatic heterocycles. The summed E-state index contributed by atoms with van der Waals surface area (Å²) in [5.74, 6) is 1.90. The molecule has 0 amide bonds. The first kappa shape index (κ1) is 16.5. The fourth-order valence-electron chi connectivity index (χ4n) is 2.80. The molecule has 5 heteroatoms. The summed E-state index contributed by atoms with van der Waals surface area (Å²) in [6.45, 7) is 13.0. The fraction of sp³-hybridized carbons (Fsp3) is 0.750. The Bertz CT molecular complexity index is 470. The van der Waals surface area contributed by atoms with Gasteiger partial charge in [0.05, 0.1) is 0 Å². The van der Waals surface area contributed by atoms with E-state index in [1.165, 1.54) is 6.42 Å². The average Bonchev–Trinajstić information content (AvgIpc) is 2.50. The lowest BCUT2D eigenvalue weighted by molar-refractivity contribution is 0.192. The van der Waals surface area contributed by atoms with Gasteiger partial charge in [0.2, 0.25) is 0 Å². The Morgan fingerprint density at radius 1 is 1.14 bits per heavy atom. The minimum atomic E-state index is 0.604. The van der Waals surface area contributed by atoms with Gasteiger partial charge in [0.1, 0.15) is 16.8 Å². The van der Waals surface area contributed by atoms with Crippen molar-refractivity contribution in [1.29, 1.82) is 0 Å². The molecule has 1 fully saturated rings. The number of aromatic nitrogens is 2.